The van der Waals surface area contributed by atoms with Gasteiger partial charge in [-0.25, -0.2) is 4.79 Å². The van der Waals surface area contributed by atoms with E-state index in [1.54, 1.807) is 4.90 Å². The first-order chi connectivity index (χ1) is 8.20. The summed E-state index contributed by atoms with van der Waals surface area (Å²) >= 11 is 0. The Morgan fingerprint density at radius 3 is 2.88 bits per heavy atom. The van der Waals surface area contributed by atoms with Crippen LogP contribution in [0.25, 0.3) is 0 Å². The molecule has 6 nitrogen and oxygen atoms in total. The Hall–Kier alpha value is -1.72. The molecule has 1 amide bonds. The highest BCUT2D eigenvalue weighted by Gasteiger charge is 2.25. The Morgan fingerprint density at radius 2 is 2.35 bits per heavy atom. The summed E-state index contributed by atoms with van der Waals surface area (Å²) in [5.41, 5.74) is 6.63. The van der Waals surface area contributed by atoms with E-state index in [4.69, 9.17) is 10.5 Å². The SMILES string of the molecule is CCOC(=O)N1CCC(c2cc(N)n[nH]2)CC1. The molecule has 6 heteroatoms. The van der Waals surface area contributed by atoms with Crippen molar-refractivity contribution in [2.24, 2.45) is 0 Å². The number of likely N-dealkylation sites (tertiary alicyclic amines) is 1. The van der Waals surface area contributed by atoms with Crippen LogP contribution in [0.1, 0.15) is 31.4 Å². The first-order valence-electron chi connectivity index (χ1n) is 5.93. The average Bonchev–Trinajstić information content (AvgIpc) is 2.76. The number of nitrogens with one attached hydrogen (secondary N) is 1. The summed E-state index contributed by atoms with van der Waals surface area (Å²) in [4.78, 5) is 13.3. The van der Waals surface area contributed by atoms with Crippen LogP contribution < -0.4 is 5.73 Å². The van der Waals surface area contributed by atoms with Crippen molar-refractivity contribution >= 4 is 11.9 Å². The smallest absolute Gasteiger partial charge is 0.409 e. The van der Waals surface area contributed by atoms with Gasteiger partial charge in [0, 0.05) is 30.8 Å². The second-order valence-corrected chi connectivity index (χ2v) is 4.21. The topological polar surface area (TPSA) is 84.2 Å². The molecule has 0 unspecified atom stereocenters. The van der Waals surface area contributed by atoms with E-state index in [1.165, 1.54) is 0 Å². The molecule has 1 aliphatic rings. The molecule has 0 aromatic carbocycles. The van der Waals surface area contributed by atoms with Crippen molar-refractivity contribution in [1.82, 2.24) is 15.1 Å². The third kappa shape index (κ3) is 2.69. The summed E-state index contributed by atoms with van der Waals surface area (Å²) < 4.78 is 4.97. The molecule has 1 saturated heterocycles. The minimum atomic E-state index is -0.213. The first-order valence-corrected chi connectivity index (χ1v) is 5.93. The van der Waals surface area contributed by atoms with E-state index >= 15 is 0 Å². The van der Waals surface area contributed by atoms with Crippen molar-refractivity contribution in [2.45, 2.75) is 25.7 Å². The summed E-state index contributed by atoms with van der Waals surface area (Å²) in [5, 5.41) is 6.86. The lowest BCUT2D eigenvalue weighted by molar-refractivity contribution is 0.0968. The molecule has 1 aromatic rings. The van der Waals surface area contributed by atoms with Crippen LogP contribution in [0.2, 0.25) is 0 Å². The fraction of sp³-hybridized carbons (Fsp3) is 0.636. The van der Waals surface area contributed by atoms with Gasteiger partial charge in [-0.15, -0.1) is 0 Å². The van der Waals surface area contributed by atoms with Gasteiger partial charge in [0.1, 0.15) is 5.82 Å². The second kappa shape index (κ2) is 5.07. The van der Waals surface area contributed by atoms with Crippen molar-refractivity contribution < 1.29 is 9.53 Å². The molecule has 1 aliphatic heterocycles. The third-order valence-corrected chi connectivity index (χ3v) is 3.08. The van der Waals surface area contributed by atoms with Crippen molar-refractivity contribution in [1.29, 1.82) is 0 Å². The summed E-state index contributed by atoms with van der Waals surface area (Å²) in [6.45, 7) is 3.69. The number of ether oxygens (including phenoxy) is 1. The molecule has 0 saturated carbocycles. The number of aromatic nitrogens is 2. The third-order valence-electron chi connectivity index (χ3n) is 3.08. The molecule has 0 atom stereocenters. The zero-order valence-electron chi connectivity index (χ0n) is 9.98. The molecular formula is C11H18N4O2. The molecule has 3 N–H and O–H groups in total. The van der Waals surface area contributed by atoms with Gasteiger partial charge in [-0.3, -0.25) is 5.10 Å². The number of carbonyl (C=O) groups excluding carboxylic acids is 1. The maximum atomic E-state index is 11.5. The lowest BCUT2D eigenvalue weighted by Gasteiger charge is -2.30. The number of nitrogens with zero attached hydrogens (tertiary/aromatic N) is 2. The highest BCUT2D eigenvalue weighted by atomic mass is 16.6. The minimum absolute atomic E-state index is 0.213. The monoisotopic (exact) mass is 238 g/mol. The number of nitrogen functional groups attached to an aromatic ring is 1. The molecule has 2 heterocycles. The molecule has 0 radical (unpaired) electrons. The van der Waals surface area contributed by atoms with E-state index in [9.17, 15) is 4.79 Å². The molecule has 0 spiro atoms. The van der Waals surface area contributed by atoms with E-state index in [-0.39, 0.29) is 6.09 Å². The van der Waals surface area contributed by atoms with E-state index in [2.05, 4.69) is 10.2 Å². The molecule has 1 fully saturated rings. The second-order valence-electron chi connectivity index (χ2n) is 4.21. The van der Waals surface area contributed by atoms with E-state index in [0.29, 0.717) is 18.3 Å². The van der Waals surface area contributed by atoms with Crippen LogP contribution in [-0.2, 0) is 4.74 Å². The maximum absolute atomic E-state index is 11.5. The Morgan fingerprint density at radius 1 is 1.65 bits per heavy atom. The Kier molecular flexibility index (Phi) is 3.51. The molecule has 2 rings (SSSR count). The fourth-order valence-electron chi connectivity index (χ4n) is 2.15. The number of anilines is 1. The Bertz CT molecular complexity index is 383. The van der Waals surface area contributed by atoms with E-state index in [1.807, 2.05) is 13.0 Å². The zero-order valence-corrected chi connectivity index (χ0v) is 9.98. The molecular weight excluding hydrogens is 220 g/mol. The van der Waals surface area contributed by atoms with Gasteiger partial charge in [0.25, 0.3) is 0 Å². The largest absolute Gasteiger partial charge is 0.450 e. The number of amides is 1. The first kappa shape index (κ1) is 11.8. The number of hydrogen-bond donors (Lipinski definition) is 2. The normalized spacial score (nSPS) is 17.1. The number of H-pyrrole nitrogens is 1. The van der Waals surface area contributed by atoms with Gasteiger partial charge in [0.05, 0.1) is 6.61 Å². The number of hydrogen-bond acceptors (Lipinski definition) is 4. The van der Waals surface area contributed by atoms with E-state index in [0.717, 1.165) is 31.6 Å². The van der Waals surface area contributed by atoms with Crippen LogP contribution in [-0.4, -0.2) is 40.9 Å². The van der Waals surface area contributed by atoms with Gasteiger partial charge in [-0.2, -0.15) is 5.10 Å². The highest BCUT2D eigenvalue weighted by molar-refractivity contribution is 5.67. The predicted octanol–water partition coefficient (Wildman–Crippen LogP) is 1.33. The Balaban J connectivity index is 1.88. The van der Waals surface area contributed by atoms with Crippen molar-refractivity contribution in [3.8, 4) is 0 Å². The number of piperidine rings is 1. The summed E-state index contributed by atoms with van der Waals surface area (Å²) in [6.07, 6.45) is 1.62. The van der Waals surface area contributed by atoms with Crippen LogP contribution in [0.4, 0.5) is 10.6 Å². The van der Waals surface area contributed by atoms with Crippen LogP contribution in [0.3, 0.4) is 0 Å². The van der Waals surface area contributed by atoms with Gasteiger partial charge in [-0.1, -0.05) is 0 Å². The van der Waals surface area contributed by atoms with Crippen LogP contribution in [0.15, 0.2) is 6.07 Å². The summed E-state index contributed by atoms with van der Waals surface area (Å²) in [5.74, 6) is 0.929. The zero-order chi connectivity index (χ0) is 12.3. The van der Waals surface area contributed by atoms with Gasteiger partial charge in [-0.05, 0) is 19.8 Å². The summed E-state index contributed by atoms with van der Waals surface area (Å²) in [6, 6.07) is 1.87. The van der Waals surface area contributed by atoms with Crippen molar-refractivity contribution in [2.75, 3.05) is 25.4 Å². The quantitative estimate of drug-likeness (QED) is 0.814. The lowest BCUT2D eigenvalue weighted by atomic mass is 9.94. The number of carbonyl (C=O) groups is 1. The molecule has 1 aromatic heterocycles. The van der Waals surface area contributed by atoms with Gasteiger partial charge in [0.2, 0.25) is 0 Å². The molecule has 17 heavy (non-hydrogen) atoms. The van der Waals surface area contributed by atoms with Crippen LogP contribution in [0.5, 0.6) is 0 Å². The molecule has 0 aliphatic carbocycles. The van der Waals surface area contributed by atoms with Crippen LogP contribution in [0, 0.1) is 0 Å². The summed E-state index contributed by atoms with van der Waals surface area (Å²) in [7, 11) is 0. The van der Waals surface area contributed by atoms with Crippen LogP contribution >= 0.6 is 0 Å². The van der Waals surface area contributed by atoms with Gasteiger partial charge in [0.15, 0.2) is 0 Å². The fourth-order valence-corrected chi connectivity index (χ4v) is 2.15. The molecule has 94 valence electrons. The van der Waals surface area contributed by atoms with E-state index < -0.39 is 0 Å². The average molecular weight is 238 g/mol. The number of aromatic amines is 1. The number of rotatable bonds is 2. The molecule has 0 bridgehead atoms. The van der Waals surface area contributed by atoms with Gasteiger partial charge >= 0.3 is 6.09 Å². The Labute approximate surface area is 100 Å². The van der Waals surface area contributed by atoms with Gasteiger partial charge < -0.3 is 15.4 Å². The predicted molar refractivity (Wildman–Crippen MR) is 63.6 cm³/mol. The standard InChI is InChI=1S/C11H18N4O2/c1-2-17-11(16)15-5-3-8(4-6-15)9-7-10(12)14-13-9/h7-8H,2-6H2,1H3,(H3,12,13,14). The van der Waals surface area contributed by atoms with Crippen molar-refractivity contribution in [3.05, 3.63) is 11.8 Å². The lowest BCUT2D eigenvalue weighted by Crippen LogP contribution is -2.38. The van der Waals surface area contributed by atoms with Crippen molar-refractivity contribution in [3.63, 3.8) is 0 Å². The number of nitrogens with two attached hydrogens (primary N) is 1. The minimum Gasteiger partial charge on any atom is -0.450 e. The highest BCUT2D eigenvalue weighted by Crippen LogP contribution is 2.27. The maximum Gasteiger partial charge on any atom is 0.409 e.